The Morgan fingerprint density at radius 3 is 2.43 bits per heavy atom. The monoisotopic (exact) mass is 293 g/mol. The first-order valence-corrected chi connectivity index (χ1v) is 7.61. The van der Waals surface area contributed by atoms with Crippen molar-refractivity contribution in [2.75, 3.05) is 26.2 Å². The zero-order valence-electron chi connectivity index (χ0n) is 13.3. The summed E-state index contributed by atoms with van der Waals surface area (Å²) in [5.74, 6) is 0.738. The number of nitrogens with zero attached hydrogens (tertiary/aromatic N) is 1. The minimum absolute atomic E-state index is 0.183. The van der Waals surface area contributed by atoms with Crippen molar-refractivity contribution in [3.8, 4) is 5.75 Å². The molecule has 0 aromatic heterocycles. The summed E-state index contributed by atoms with van der Waals surface area (Å²) >= 11 is 0. The van der Waals surface area contributed by atoms with Gasteiger partial charge in [0, 0.05) is 13.1 Å². The van der Waals surface area contributed by atoms with Gasteiger partial charge in [-0.15, -0.1) is 0 Å². The van der Waals surface area contributed by atoms with Gasteiger partial charge in [-0.2, -0.15) is 0 Å². The first kappa shape index (κ1) is 17.5. The number of hydrogen-bond acceptors (Lipinski definition) is 3. The number of carboxylic acids is 1. The Kier molecular flexibility index (Phi) is 7.83. The molecule has 0 aliphatic carbocycles. The maximum atomic E-state index is 10.7. The molecule has 1 N–H and O–H groups in total. The van der Waals surface area contributed by atoms with Gasteiger partial charge in [-0.3, -0.25) is 9.69 Å². The van der Waals surface area contributed by atoms with E-state index < -0.39 is 5.97 Å². The molecule has 4 nitrogen and oxygen atoms in total. The SMILES string of the molecule is Cc1ccc(OCCN(CCC(=O)O)CCC(C)C)cc1. The number of benzene rings is 1. The zero-order valence-corrected chi connectivity index (χ0v) is 13.3. The van der Waals surface area contributed by atoms with Crippen LogP contribution in [0.15, 0.2) is 24.3 Å². The Labute approximate surface area is 127 Å². The third-order valence-corrected chi connectivity index (χ3v) is 3.36. The third-order valence-electron chi connectivity index (χ3n) is 3.36. The summed E-state index contributed by atoms with van der Waals surface area (Å²) in [5.41, 5.74) is 1.21. The molecule has 0 heterocycles. The minimum Gasteiger partial charge on any atom is -0.492 e. The van der Waals surface area contributed by atoms with Crippen LogP contribution in [0.5, 0.6) is 5.75 Å². The number of ether oxygens (including phenoxy) is 1. The Morgan fingerprint density at radius 2 is 1.86 bits per heavy atom. The maximum absolute atomic E-state index is 10.7. The van der Waals surface area contributed by atoms with Gasteiger partial charge in [0.2, 0.25) is 0 Å². The van der Waals surface area contributed by atoms with E-state index in [9.17, 15) is 4.79 Å². The fourth-order valence-electron chi connectivity index (χ4n) is 1.96. The molecular formula is C17H27NO3. The molecule has 0 amide bonds. The van der Waals surface area contributed by atoms with E-state index in [1.807, 2.05) is 31.2 Å². The molecule has 1 aromatic carbocycles. The van der Waals surface area contributed by atoms with Gasteiger partial charge in [0.15, 0.2) is 0 Å². The quantitative estimate of drug-likeness (QED) is 0.720. The molecule has 0 atom stereocenters. The lowest BCUT2D eigenvalue weighted by atomic mass is 10.1. The van der Waals surface area contributed by atoms with Crippen LogP contribution in [0.1, 0.15) is 32.3 Å². The Bertz CT molecular complexity index is 415. The van der Waals surface area contributed by atoms with Gasteiger partial charge in [0.1, 0.15) is 12.4 Å². The summed E-state index contributed by atoms with van der Waals surface area (Å²) in [5, 5.41) is 8.81. The maximum Gasteiger partial charge on any atom is 0.304 e. The largest absolute Gasteiger partial charge is 0.492 e. The molecule has 0 unspecified atom stereocenters. The Balaban J connectivity index is 2.36. The van der Waals surface area contributed by atoms with Gasteiger partial charge in [-0.05, 0) is 37.9 Å². The van der Waals surface area contributed by atoms with Gasteiger partial charge in [0.25, 0.3) is 0 Å². The Morgan fingerprint density at radius 1 is 1.19 bits per heavy atom. The molecule has 0 saturated carbocycles. The fraction of sp³-hybridized carbons (Fsp3) is 0.588. The molecule has 1 aromatic rings. The minimum atomic E-state index is -0.746. The number of aliphatic carboxylic acids is 1. The summed E-state index contributed by atoms with van der Waals surface area (Å²) in [7, 11) is 0. The number of aryl methyl sites for hydroxylation is 1. The smallest absolute Gasteiger partial charge is 0.304 e. The van der Waals surface area contributed by atoms with Gasteiger partial charge >= 0.3 is 5.97 Å². The highest BCUT2D eigenvalue weighted by Gasteiger charge is 2.08. The van der Waals surface area contributed by atoms with Crippen molar-refractivity contribution in [2.24, 2.45) is 5.92 Å². The zero-order chi connectivity index (χ0) is 15.7. The highest BCUT2D eigenvalue weighted by molar-refractivity contribution is 5.66. The molecule has 0 spiro atoms. The highest BCUT2D eigenvalue weighted by Crippen LogP contribution is 2.11. The first-order chi connectivity index (χ1) is 9.97. The molecule has 0 aliphatic rings. The molecule has 1 rings (SSSR count). The van der Waals surface area contributed by atoms with Crippen LogP contribution in [0.2, 0.25) is 0 Å². The molecule has 4 heteroatoms. The van der Waals surface area contributed by atoms with Gasteiger partial charge in [0.05, 0.1) is 6.42 Å². The van der Waals surface area contributed by atoms with E-state index in [1.165, 1.54) is 5.56 Å². The average Bonchev–Trinajstić information content (AvgIpc) is 2.43. The second kappa shape index (κ2) is 9.40. The second-order valence-corrected chi connectivity index (χ2v) is 5.83. The number of carbonyl (C=O) groups is 1. The summed E-state index contributed by atoms with van der Waals surface area (Å²) in [6.45, 7) is 9.25. The summed E-state index contributed by atoms with van der Waals surface area (Å²) < 4.78 is 5.72. The lowest BCUT2D eigenvalue weighted by Crippen LogP contribution is -2.32. The lowest BCUT2D eigenvalue weighted by Gasteiger charge is -2.22. The number of hydrogen-bond donors (Lipinski definition) is 1. The number of rotatable bonds is 10. The topological polar surface area (TPSA) is 49.8 Å². The van der Waals surface area contributed by atoms with Gasteiger partial charge in [-0.1, -0.05) is 31.5 Å². The molecule has 0 fully saturated rings. The normalized spacial score (nSPS) is 11.1. The summed E-state index contributed by atoms with van der Waals surface area (Å²) in [6.07, 6.45) is 1.26. The molecule has 0 saturated heterocycles. The van der Waals surface area contributed by atoms with E-state index >= 15 is 0 Å². The lowest BCUT2D eigenvalue weighted by molar-refractivity contribution is -0.137. The molecule has 21 heavy (non-hydrogen) atoms. The second-order valence-electron chi connectivity index (χ2n) is 5.83. The van der Waals surface area contributed by atoms with E-state index in [2.05, 4.69) is 18.7 Å². The van der Waals surface area contributed by atoms with E-state index in [0.29, 0.717) is 19.1 Å². The standard InChI is InChI=1S/C17H27NO3/c1-14(2)8-10-18(11-9-17(19)20)12-13-21-16-6-4-15(3)5-7-16/h4-7,14H,8-13H2,1-3H3,(H,19,20). The van der Waals surface area contributed by atoms with Crippen molar-refractivity contribution < 1.29 is 14.6 Å². The van der Waals surface area contributed by atoms with E-state index in [1.54, 1.807) is 0 Å². The van der Waals surface area contributed by atoms with Crippen LogP contribution in [0.3, 0.4) is 0 Å². The first-order valence-electron chi connectivity index (χ1n) is 7.61. The van der Waals surface area contributed by atoms with Gasteiger partial charge < -0.3 is 9.84 Å². The summed E-state index contributed by atoms with van der Waals surface area (Å²) in [6, 6.07) is 7.97. The van der Waals surface area contributed by atoms with E-state index in [0.717, 1.165) is 25.3 Å². The predicted molar refractivity (Wildman–Crippen MR) is 84.8 cm³/mol. The van der Waals surface area contributed by atoms with Crippen LogP contribution in [-0.2, 0) is 4.79 Å². The third kappa shape index (κ3) is 8.35. The molecular weight excluding hydrogens is 266 g/mol. The van der Waals surface area contributed by atoms with Crippen LogP contribution in [0.25, 0.3) is 0 Å². The van der Waals surface area contributed by atoms with Crippen LogP contribution in [0.4, 0.5) is 0 Å². The highest BCUT2D eigenvalue weighted by atomic mass is 16.5. The Hall–Kier alpha value is -1.55. The van der Waals surface area contributed by atoms with E-state index in [-0.39, 0.29) is 6.42 Å². The van der Waals surface area contributed by atoms with Crippen LogP contribution < -0.4 is 4.74 Å². The molecule has 0 aliphatic heterocycles. The fourth-order valence-corrected chi connectivity index (χ4v) is 1.96. The van der Waals surface area contributed by atoms with Crippen LogP contribution in [0, 0.1) is 12.8 Å². The van der Waals surface area contributed by atoms with Crippen molar-refractivity contribution in [3.05, 3.63) is 29.8 Å². The van der Waals surface area contributed by atoms with Crippen molar-refractivity contribution in [1.82, 2.24) is 4.90 Å². The predicted octanol–water partition coefficient (Wildman–Crippen LogP) is 3.20. The van der Waals surface area contributed by atoms with Crippen LogP contribution in [-0.4, -0.2) is 42.2 Å². The van der Waals surface area contributed by atoms with Crippen molar-refractivity contribution in [3.63, 3.8) is 0 Å². The number of carboxylic acid groups (broad SMARTS) is 1. The van der Waals surface area contributed by atoms with Crippen molar-refractivity contribution in [2.45, 2.75) is 33.6 Å². The average molecular weight is 293 g/mol. The molecule has 118 valence electrons. The van der Waals surface area contributed by atoms with E-state index in [4.69, 9.17) is 9.84 Å². The summed E-state index contributed by atoms with van der Waals surface area (Å²) in [4.78, 5) is 12.9. The van der Waals surface area contributed by atoms with Crippen molar-refractivity contribution >= 4 is 5.97 Å². The molecule has 0 bridgehead atoms. The molecule has 0 radical (unpaired) electrons. The van der Waals surface area contributed by atoms with Gasteiger partial charge in [-0.25, -0.2) is 0 Å². The van der Waals surface area contributed by atoms with Crippen LogP contribution >= 0.6 is 0 Å². The van der Waals surface area contributed by atoms with Crippen molar-refractivity contribution in [1.29, 1.82) is 0 Å².